The Kier molecular flexibility index (Phi) is 6.78. The van der Waals surface area contributed by atoms with Crippen LogP contribution >= 0.6 is 0 Å². The van der Waals surface area contributed by atoms with Gasteiger partial charge in [0, 0.05) is 27.5 Å². The molecule has 10 rings (SSSR count). The first-order valence-electron chi connectivity index (χ1n) is 17.1. The summed E-state index contributed by atoms with van der Waals surface area (Å²) < 4.78 is 6.42. The highest BCUT2D eigenvalue weighted by Crippen LogP contribution is 2.39. The summed E-state index contributed by atoms with van der Waals surface area (Å²) in [5, 5.41) is 6.80. The topological polar surface area (TPSA) is 51.8 Å². The van der Waals surface area contributed by atoms with Crippen LogP contribution in [0, 0.1) is 0 Å². The first kappa shape index (κ1) is 29.0. The van der Waals surface area contributed by atoms with Gasteiger partial charge in [-0.1, -0.05) is 146 Å². The molecule has 0 saturated heterocycles. The van der Waals surface area contributed by atoms with Crippen molar-refractivity contribution in [1.82, 2.24) is 15.0 Å². The largest absolute Gasteiger partial charge is 0.456 e. The summed E-state index contributed by atoms with van der Waals surface area (Å²) in [5.74, 6) is 1.85. The molecule has 238 valence electrons. The molecule has 0 atom stereocenters. The molecule has 0 unspecified atom stereocenters. The molecule has 0 spiro atoms. The fourth-order valence-corrected chi connectivity index (χ4v) is 7.09. The zero-order valence-electron chi connectivity index (χ0n) is 27.5. The van der Waals surface area contributed by atoms with E-state index in [2.05, 4.69) is 133 Å². The number of nitrogens with zero attached hydrogens (tertiary/aromatic N) is 3. The highest BCUT2D eigenvalue weighted by Gasteiger charge is 2.18. The molecular formula is C47H29N3O. The van der Waals surface area contributed by atoms with Crippen LogP contribution in [0.2, 0.25) is 0 Å². The molecule has 2 aromatic heterocycles. The van der Waals surface area contributed by atoms with Crippen molar-refractivity contribution in [3.8, 4) is 56.4 Å². The lowest BCUT2D eigenvalue weighted by Gasteiger charge is -2.10. The van der Waals surface area contributed by atoms with Gasteiger partial charge in [0.15, 0.2) is 17.5 Å². The fraction of sp³-hybridized carbons (Fsp3) is 0. The number of benzene rings is 8. The standard InChI is InChI=1S/C47H29N3O/c1-2-11-34(12-3-1)45-48-46(39-24-22-31-10-5-7-14-36(31)28-39)50-47(49-45)40-15-8-16-43-44(40)41-29-38(25-26-42(41)51-43)33-19-17-32(18-20-33)37-23-21-30-9-4-6-13-35(30)27-37/h1-29H. The first-order valence-corrected chi connectivity index (χ1v) is 17.1. The van der Waals surface area contributed by atoms with Crippen molar-refractivity contribution in [3.63, 3.8) is 0 Å². The zero-order chi connectivity index (χ0) is 33.7. The first-order chi connectivity index (χ1) is 25.2. The highest BCUT2D eigenvalue weighted by molar-refractivity contribution is 6.12. The molecule has 0 N–H and O–H groups in total. The van der Waals surface area contributed by atoms with Crippen LogP contribution < -0.4 is 0 Å². The summed E-state index contributed by atoms with van der Waals surface area (Å²) in [4.78, 5) is 15.2. The van der Waals surface area contributed by atoms with E-state index in [4.69, 9.17) is 19.4 Å². The Morgan fingerprint density at radius 3 is 1.55 bits per heavy atom. The van der Waals surface area contributed by atoms with Gasteiger partial charge in [-0.25, -0.2) is 15.0 Å². The number of rotatable bonds is 5. The van der Waals surface area contributed by atoms with Crippen LogP contribution in [0.4, 0.5) is 0 Å². The fourth-order valence-electron chi connectivity index (χ4n) is 7.09. The Bertz CT molecular complexity index is 2910. The van der Waals surface area contributed by atoms with Crippen LogP contribution in [0.1, 0.15) is 0 Å². The zero-order valence-corrected chi connectivity index (χ0v) is 27.5. The van der Waals surface area contributed by atoms with Crippen LogP contribution in [0.3, 0.4) is 0 Å². The van der Waals surface area contributed by atoms with Gasteiger partial charge in [0.2, 0.25) is 0 Å². The number of fused-ring (bicyclic) bond motifs is 5. The number of hydrogen-bond donors (Lipinski definition) is 0. The lowest BCUT2D eigenvalue weighted by atomic mass is 9.97. The molecular weight excluding hydrogens is 623 g/mol. The smallest absolute Gasteiger partial charge is 0.164 e. The predicted octanol–water partition coefficient (Wildman–Crippen LogP) is 12.4. The molecule has 0 aliphatic heterocycles. The summed E-state index contributed by atoms with van der Waals surface area (Å²) in [6.07, 6.45) is 0. The second kappa shape index (κ2) is 11.9. The van der Waals surface area contributed by atoms with Crippen molar-refractivity contribution < 1.29 is 4.42 Å². The third-order valence-corrected chi connectivity index (χ3v) is 9.71. The lowest BCUT2D eigenvalue weighted by molar-refractivity contribution is 0.669. The third-order valence-electron chi connectivity index (χ3n) is 9.71. The maximum absolute atomic E-state index is 6.42. The Morgan fingerprint density at radius 1 is 0.314 bits per heavy atom. The Balaban J connectivity index is 1.10. The Labute approximate surface area is 294 Å². The average molecular weight is 652 g/mol. The number of aromatic nitrogens is 3. The van der Waals surface area contributed by atoms with E-state index < -0.39 is 0 Å². The summed E-state index contributed by atoms with van der Waals surface area (Å²) in [5.41, 5.74) is 9.03. The van der Waals surface area contributed by atoms with Crippen molar-refractivity contribution >= 4 is 43.5 Å². The number of furan rings is 1. The average Bonchev–Trinajstić information content (AvgIpc) is 3.59. The van der Waals surface area contributed by atoms with Gasteiger partial charge in [0.1, 0.15) is 11.2 Å². The second-order valence-corrected chi connectivity index (χ2v) is 12.9. The molecule has 0 bridgehead atoms. The molecule has 0 aliphatic rings. The lowest BCUT2D eigenvalue weighted by Crippen LogP contribution is -2.00. The minimum Gasteiger partial charge on any atom is -0.456 e. The molecule has 51 heavy (non-hydrogen) atoms. The molecule has 0 saturated carbocycles. The van der Waals surface area contributed by atoms with Gasteiger partial charge < -0.3 is 4.42 Å². The summed E-state index contributed by atoms with van der Waals surface area (Å²) in [7, 11) is 0. The molecule has 4 nitrogen and oxygen atoms in total. The maximum atomic E-state index is 6.42. The van der Waals surface area contributed by atoms with Gasteiger partial charge in [0.05, 0.1) is 0 Å². The van der Waals surface area contributed by atoms with Crippen molar-refractivity contribution in [1.29, 1.82) is 0 Å². The Morgan fingerprint density at radius 2 is 0.843 bits per heavy atom. The molecule has 10 aromatic rings. The van der Waals surface area contributed by atoms with E-state index in [1.165, 1.54) is 27.3 Å². The summed E-state index contributed by atoms with van der Waals surface area (Å²) >= 11 is 0. The molecule has 2 heterocycles. The van der Waals surface area contributed by atoms with E-state index in [0.29, 0.717) is 17.5 Å². The van der Waals surface area contributed by atoms with E-state index in [1.807, 2.05) is 42.5 Å². The normalized spacial score (nSPS) is 11.5. The minimum atomic E-state index is 0.602. The van der Waals surface area contributed by atoms with E-state index in [-0.39, 0.29) is 0 Å². The maximum Gasteiger partial charge on any atom is 0.164 e. The molecule has 4 heteroatoms. The van der Waals surface area contributed by atoms with Crippen molar-refractivity contribution in [2.45, 2.75) is 0 Å². The molecule has 0 aliphatic carbocycles. The van der Waals surface area contributed by atoms with Crippen LogP contribution in [0.5, 0.6) is 0 Å². The third kappa shape index (κ3) is 5.22. The Hall–Kier alpha value is -6.91. The summed E-state index contributed by atoms with van der Waals surface area (Å²) in [6, 6.07) is 61.2. The SMILES string of the molecule is c1ccc(-c2nc(-c3ccc4ccccc4c3)nc(-c3cccc4oc5ccc(-c6ccc(-c7ccc8ccccc8c7)cc6)cc5c34)n2)cc1. The van der Waals surface area contributed by atoms with Gasteiger partial charge in [-0.15, -0.1) is 0 Å². The van der Waals surface area contributed by atoms with E-state index in [1.54, 1.807) is 0 Å². The summed E-state index contributed by atoms with van der Waals surface area (Å²) in [6.45, 7) is 0. The van der Waals surface area contributed by atoms with Gasteiger partial charge in [-0.2, -0.15) is 0 Å². The quantitative estimate of drug-likeness (QED) is 0.186. The van der Waals surface area contributed by atoms with Gasteiger partial charge in [-0.05, 0) is 74.1 Å². The van der Waals surface area contributed by atoms with Crippen LogP contribution in [-0.2, 0) is 0 Å². The van der Waals surface area contributed by atoms with Crippen LogP contribution in [-0.4, -0.2) is 15.0 Å². The van der Waals surface area contributed by atoms with Crippen LogP contribution in [0.25, 0.3) is 99.9 Å². The van der Waals surface area contributed by atoms with Crippen molar-refractivity contribution in [2.75, 3.05) is 0 Å². The van der Waals surface area contributed by atoms with Gasteiger partial charge >= 0.3 is 0 Å². The van der Waals surface area contributed by atoms with E-state index in [9.17, 15) is 0 Å². The predicted molar refractivity (Wildman–Crippen MR) is 209 cm³/mol. The van der Waals surface area contributed by atoms with Crippen molar-refractivity contribution in [2.24, 2.45) is 0 Å². The van der Waals surface area contributed by atoms with E-state index in [0.717, 1.165) is 55.1 Å². The van der Waals surface area contributed by atoms with Crippen LogP contribution in [0.15, 0.2) is 180 Å². The molecule has 8 aromatic carbocycles. The van der Waals surface area contributed by atoms with Gasteiger partial charge in [-0.3, -0.25) is 0 Å². The van der Waals surface area contributed by atoms with Gasteiger partial charge in [0.25, 0.3) is 0 Å². The monoisotopic (exact) mass is 651 g/mol. The minimum absolute atomic E-state index is 0.602. The molecule has 0 amide bonds. The number of hydrogen-bond acceptors (Lipinski definition) is 4. The molecule has 0 fully saturated rings. The van der Waals surface area contributed by atoms with E-state index >= 15 is 0 Å². The highest BCUT2D eigenvalue weighted by atomic mass is 16.3. The second-order valence-electron chi connectivity index (χ2n) is 12.9. The van der Waals surface area contributed by atoms with Crippen molar-refractivity contribution in [3.05, 3.63) is 176 Å². The molecule has 0 radical (unpaired) electrons.